The number of nitrogens with one attached hydrogen (secondary N) is 1. The fourth-order valence-corrected chi connectivity index (χ4v) is 2.60. The van der Waals surface area contributed by atoms with Crippen molar-refractivity contribution in [1.82, 2.24) is 5.32 Å². The molecule has 0 bridgehead atoms. The molecule has 0 spiro atoms. The van der Waals surface area contributed by atoms with Gasteiger partial charge in [-0.25, -0.2) is 0 Å². The Labute approximate surface area is 96.9 Å². The smallest absolute Gasteiger partial charge is 0.242 e. The Morgan fingerprint density at radius 3 is 2.81 bits per heavy atom. The van der Waals surface area contributed by atoms with E-state index in [-0.39, 0.29) is 5.91 Å². The summed E-state index contributed by atoms with van der Waals surface area (Å²) in [6.07, 6.45) is 5.43. The molecule has 4 heteroatoms. The Bertz CT molecular complexity index is 262. The lowest BCUT2D eigenvalue weighted by Gasteiger charge is -2.32. The summed E-state index contributed by atoms with van der Waals surface area (Å²) in [6.45, 7) is 3.17. The summed E-state index contributed by atoms with van der Waals surface area (Å²) in [6, 6.07) is 0.308. The molecule has 1 aliphatic carbocycles. The third-order valence-electron chi connectivity index (χ3n) is 3.93. The third-order valence-corrected chi connectivity index (χ3v) is 3.93. The highest BCUT2D eigenvalue weighted by Gasteiger charge is 2.39. The van der Waals surface area contributed by atoms with Crippen LogP contribution in [0.4, 0.5) is 0 Å². The van der Waals surface area contributed by atoms with Crippen LogP contribution in [0.1, 0.15) is 39.0 Å². The molecule has 3 atom stereocenters. The van der Waals surface area contributed by atoms with Gasteiger partial charge in [-0.2, -0.15) is 0 Å². The zero-order valence-corrected chi connectivity index (χ0v) is 10.00. The minimum atomic E-state index is -0.781. The first kappa shape index (κ1) is 11.9. The van der Waals surface area contributed by atoms with E-state index >= 15 is 0 Å². The summed E-state index contributed by atoms with van der Waals surface area (Å²) in [5.74, 6) is 0.548. The largest absolute Gasteiger partial charge is 0.379 e. The predicted molar refractivity (Wildman–Crippen MR) is 61.9 cm³/mol. The Morgan fingerprint density at radius 2 is 2.19 bits per heavy atom. The average Bonchev–Trinajstić information content (AvgIpc) is 2.70. The standard InChI is InChI=1S/C12H22N2O2/c1-9-4-2-3-5-10(9)14-11(15)12(13)6-7-16-8-12/h9-10H,2-8,13H2,1H3,(H,14,15). The summed E-state index contributed by atoms with van der Waals surface area (Å²) in [7, 11) is 0. The fraction of sp³-hybridized carbons (Fsp3) is 0.917. The maximum absolute atomic E-state index is 12.1. The lowest BCUT2D eigenvalue weighted by atomic mass is 9.85. The Morgan fingerprint density at radius 1 is 1.44 bits per heavy atom. The van der Waals surface area contributed by atoms with E-state index in [0.29, 0.717) is 31.6 Å². The molecule has 1 aliphatic heterocycles. The van der Waals surface area contributed by atoms with Gasteiger partial charge in [0.05, 0.1) is 6.61 Å². The van der Waals surface area contributed by atoms with Gasteiger partial charge in [0.1, 0.15) is 5.54 Å². The number of hydrogen-bond donors (Lipinski definition) is 2. The van der Waals surface area contributed by atoms with Crippen LogP contribution >= 0.6 is 0 Å². The molecule has 1 saturated carbocycles. The Hall–Kier alpha value is -0.610. The van der Waals surface area contributed by atoms with E-state index < -0.39 is 5.54 Å². The van der Waals surface area contributed by atoms with Gasteiger partial charge in [-0.15, -0.1) is 0 Å². The Balaban J connectivity index is 1.90. The van der Waals surface area contributed by atoms with Crippen LogP contribution in [0.3, 0.4) is 0 Å². The molecule has 0 aromatic rings. The highest BCUT2D eigenvalue weighted by Crippen LogP contribution is 2.25. The lowest BCUT2D eigenvalue weighted by Crippen LogP contribution is -2.57. The van der Waals surface area contributed by atoms with Gasteiger partial charge in [0.15, 0.2) is 0 Å². The topological polar surface area (TPSA) is 64.4 Å². The van der Waals surface area contributed by atoms with Crippen LogP contribution < -0.4 is 11.1 Å². The summed E-state index contributed by atoms with van der Waals surface area (Å²) in [5.41, 5.74) is 5.25. The van der Waals surface area contributed by atoms with Crippen molar-refractivity contribution in [2.24, 2.45) is 11.7 Å². The van der Waals surface area contributed by atoms with Crippen molar-refractivity contribution in [2.45, 2.75) is 50.6 Å². The second-order valence-electron chi connectivity index (χ2n) is 5.30. The van der Waals surface area contributed by atoms with E-state index in [9.17, 15) is 4.79 Å². The van der Waals surface area contributed by atoms with Crippen LogP contribution in [0.25, 0.3) is 0 Å². The van der Waals surface area contributed by atoms with E-state index in [2.05, 4.69) is 12.2 Å². The predicted octanol–water partition coefficient (Wildman–Crippen LogP) is 0.799. The van der Waals surface area contributed by atoms with E-state index in [0.717, 1.165) is 6.42 Å². The SMILES string of the molecule is CC1CCCCC1NC(=O)C1(N)CCOC1. The number of carbonyl (C=O) groups is 1. The van der Waals surface area contributed by atoms with Crippen LogP contribution in [-0.4, -0.2) is 30.7 Å². The molecule has 0 aromatic heterocycles. The average molecular weight is 226 g/mol. The van der Waals surface area contributed by atoms with Gasteiger partial charge in [-0.3, -0.25) is 4.79 Å². The van der Waals surface area contributed by atoms with E-state index in [4.69, 9.17) is 10.5 Å². The van der Waals surface area contributed by atoms with Crippen molar-refractivity contribution in [3.05, 3.63) is 0 Å². The van der Waals surface area contributed by atoms with Crippen molar-refractivity contribution in [3.8, 4) is 0 Å². The number of hydrogen-bond acceptors (Lipinski definition) is 3. The van der Waals surface area contributed by atoms with Crippen molar-refractivity contribution in [2.75, 3.05) is 13.2 Å². The van der Waals surface area contributed by atoms with Crippen molar-refractivity contribution in [3.63, 3.8) is 0 Å². The molecule has 16 heavy (non-hydrogen) atoms. The molecule has 4 nitrogen and oxygen atoms in total. The molecule has 0 radical (unpaired) electrons. The van der Waals surface area contributed by atoms with Crippen LogP contribution in [0.15, 0.2) is 0 Å². The zero-order valence-electron chi connectivity index (χ0n) is 10.00. The van der Waals surface area contributed by atoms with Gasteiger partial charge < -0.3 is 15.8 Å². The van der Waals surface area contributed by atoms with Crippen molar-refractivity contribution in [1.29, 1.82) is 0 Å². The number of rotatable bonds is 2. The monoisotopic (exact) mass is 226 g/mol. The van der Waals surface area contributed by atoms with Gasteiger partial charge in [-0.1, -0.05) is 19.8 Å². The summed E-state index contributed by atoms with van der Waals surface area (Å²) in [4.78, 5) is 12.1. The molecule has 0 aromatic carbocycles. The minimum absolute atomic E-state index is 0.0243. The van der Waals surface area contributed by atoms with Gasteiger partial charge in [-0.05, 0) is 25.2 Å². The molecule has 3 unspecified atom stereocenters. The fourth-order valence-electron chi connectivity index (χ4n) is 2.60. The highest BCUT2D eigenvalue weighted by molar-refractivity contribution is 5.86. The molecule has 2 fully saturated rings. The van der Waals surface area contributed by atoms with Crippen LogP contribution in [0.5, 0.6) is 0 Å². The number of amides is 1. The molecule has 3 N–H and O–H groups in total. The van der Waals surface area contributed by atoms with Crippen LogP contribution in [-0.2, 0) is 9.53 Å². The van der Waals surface area contributed by atoms with Crippen LogP contribution in [0, 0.1) is 5.92 Å². The summed E-state index contributed by atoms with van der Waals surface area (Å²) >= 11 is 0. The molecule has 1 heterocycles. The van der Waals surface area contributed by atoms with Crippen LogP contribution in [0.2, 0.25) is 0 Å². The number of carbonyl (C=O) groups excluding carboxylic acids is 1. The van der Waals surface area contributed by atoms with Gasteiger partial charge in [0.25, 0.3) is 0 Å². The molecule has 2 rings (SSSR count). The Kier molecular flexibility index (Phi) is 3.50. The first-order valence-corrected chi connectivity index (χ1v) is 6.29. The van der Waals surface area contributed by atoms with E-state index in [1.165, 1.54) is 19.3 Å². The first-order valence-electron chi connectivity index (χ1n) is 6.29. The van der Waals surface area contributed by atoms with E-state index in [1.807, 2.05) is 0 Å². The second kappa shape index (κ2) is 4.72. The van der Waals surface area contributed by atoms with Gasteiger partial charge >= 0.3 is 0 Å². The highest BCUT2D eigenvalue weighted by atomic mass is 16.5. The van der Waals surface area contributed by atoms with Gasteiger partial charge in [0, 0.05) is 12.6 Å². The molecular formula is C12H22N2O2. The van der Waals surface area contributed by atoms with Crippen molar-refractivity contribution >= 4 is 5.91 Å². The summed E-state index contributed by atoms with van der Waals surface area (Å²) < 4.78 is 5.21. The first-order chi connectivity index (χ1) is 7.62. The zero-order chi connectivity index (χ0) is 11.6. The normalized spacial score (nSPS) is 39.6. The van der Waals surface area contributed by atoms with Crippen molar-refractivity contribution < 1.29 is 9.53 Å². The second-order valence-corrected chi connectivity index (χ2v) is 5.30. The molecule has 92 valence electrons. The summed E-state index contributed by atoms with van der Waals surface area (Å²) in [5, 5.41) is 3.11. The maximum Gasteiger partial charge on any atom is 0.242 e. The molecule has 1 amide bonds. The third kappa shape index (κ3) is 2.38. The maximum atomic E-state index is 12.1. The number of ether oxygens (including phenoxy) is 1. The molecular weight excluding hydrogens is 204 g/mol. The molecule has 1 saturated heterocycles. The van der Waals surface area contributed by atoms with Gasteiger partial charge in [0.2, 0.25) is 5.91 Å². The lowest BCUT2D eigenvalue weighted by molar-refractivity contribution is -0.127. The van der Waals surface area contributed by atoms with E-state index in [1.54, 1.807) is 0 Å². The number of nitrogens with two attached hydrogens (primary N) is 1. The molecule has 2 aliphatic rings. The quantitative estimate of drug-likeness (QED) is 0.732. The minimum Gasteiger partial charge on any atom is -0.379 e.